The SMILES string of the molecule is O=C(Nc1cnn(Cc2ccc(Cl)cc2)c1)c1ccn(COc2ccc(Cl)cc2Br)n1. The van der Waals surface area contributed by atoms with Crippen LogP contribution in [0, 0.1) is 0 Å². The molecule has 1 amide bonds. The highest BCUT2D eigenvalue weighted by Crippen LogP contribution is 2.28. The Hall–Kier alpha value is -2.81. The third-order valence-electron chi connectivity index (χ3n) is 4.27. The summed E-state index contributed by atoms with van der Waals surface area (Å²) in [5, 5.41) is 12.6. The molecule has 0 saturated carbocycles. The number of carbonyl (C=O) groups excluding carboxylic acids is 1. The van der Waals surface area contributed by atoms with Gasteiger partial charge in [-0.2, -0.15) is 10.2 Å². The molecule has 0 radical (unpaired) electrons. The third-order valence-corrected chi connectivity index (χ3v) is 5.38. The molecule has 10 heteroatoms. The van der Waals surface area contributed by atoms with Crippen LogP contribution in [0.3, 0.4) is 0 Å². The van der Waals surface area contributed by atoms with Crippen molar-refractivity contribution in [3.63, 3.8) is 0 Å². The molecule has 4 rings (SSSR count). The highest BCUT2D eigenvalue weighted by Gasteiger charge is 2.12. The van der Waals surface area contributed by atoms with Crippen molar-refractivity contribution in [3.05, 3.63) is 92.9 Å². The van der Waals surface area contributed by atoms with E-state index in [0.717, 1.165) is 10.0 Å². The van der Waals surface area contributed by atoms with Crippen molar-refractivity contribution in [2.75, 3.05) is 5.32 Å². The fourth-order valence-electron chi connectivity index (χ4n) is 2.77. The Morgan fingerprint density at radius 2 is 1.84 bits per heavy atom. The first-order chi connectivity index (χ1) is 15.0. The molecule has 2 aromatic carbocycles. The van der Waals surface area contributed by atoms with Gasteiger partial charge in [-0.15, -0.1) is 0 Å². The topological polar surface area (TPSA) is 74.0 Å². The van der Waals surface area contributed by atoms with Crippen molar-refractivity contribution in [2.24, 2.45) is 0 Å². The van der Waals surface area contributed by atoms with Gasteiger partial charge in [0, 0.05) is 22.4 Å². The second kappa shape index (κ2) is 9.55. The van der Waals surface area contributed by atoms with Crippen molar-refractivity contribution in [2.45, 2.75) is 13.3 Å². The van der Waals surface area contributed by atoms with Crippen LogP contribution >= 0.6 is 39.1 Å². The molecule has 158 valence electrons. The van der Waals surface area contributed by atoms with Crippen molar-refractivity contribution < 1.29 is 9.53 Å². The van der Waals surface area contributed by atoms with Crippen LogP contribution in [0.2, 0.25) is 10.0 Å². The molecule has 0 spiro atoms. The number of hydrogen-bond donors (Lipinski definition) is 1. The molecule has 1 N–H and O–H groups in total. The fourth-order valence-corrected chi connectivity index (χ4v) is 3.69. The second-order valence-electron chi connectivity index (χ2n) is 6.60. The molecule has 2 aromatic heterocycles. The molecule has 0 aliphatic heterocycles. The summed E-state index contributed by atoms with van der Waals surface area (Å²) in [4.78, 5) is 12.5. The summed E-state index contributed by atoms with van der Waals surface area (Å²) in [5.41, 5.74) is 1.90. The monoisotopic (exact) mass is 519 g/mol. The van der Waals surface area contributed by atoms with Gasteiger partial charge in [-0.05, 0) is 57.9 Å². The number of nitrogens with zero attached hydrogens (tertiary/aromatic N) is 4. The average molecular weight is 521 g/mol. The molecule has 4 aromatic rings. The minimum Gasteiger partial charge on any atom is -0.470 e. The van der Waals surface area contributed by atoms with Gasteiger partial charge < -0.3 is 10.1 Å². The van der Waals surface area contributed by atoms with Gasteiger partial charge in [-0.3, -0.25) is 9.48 Å². The standard InChI is InChI=1S/C21H16BrCl2N5O2/c22-18-9-16(24)5-6-20(18)31-13-28-8-7-19(27-28)21(30)26-17-10-25-29(12-17)11-14-1-3-15(23)4-2-14/h1-10,12H,11,13H2,(H,26,30). The zero-order valence-corrected chi connectivity index (χ0v) is 19.1. The third kappa shape index (κ3) is 5.66. The Morgan fingerprint density at radius 3 is 2.61 bits per heavy atom. The normalized spacial score (nSPS) is 10.8. The Bertz CT molecular complexity index is 1210. The highest BCUT2D eigenvalue weighted by atomic mass is 79.9. The number of hydrogen-bond acceptors (Lipinski definition) is 4. The van der Waals surface area contributed by atoms with Crippen LogP contribution in [0.15, 0.2) is 71.6 Å². The lowest BCUT2D eigenvalue weighted by molar-refractivity contribution is 0.102. The first kappa shape index (κ1) is 21.4. The van der Waals surface area contributed by atoms with Gasteiger partial charge in [0.05, 0.1) is 22.9 Å². The van der Waals surface area contributed by atoms with E-state index >= 15 is 0 Å². The molecule has 0 fully saturated rings. The number of amides is 1. The molecule has 0 saturated heterocycles. The van der Waals surface area contributed by atoms with E-state index in [2.05, 4.69) is 31.4 Å². The molecule has 2 heterocycles. The largest absolute Gasteiger partial charge is 0.470 e. The van der Waals surface area contributed by atoms with Crippen LogP contribution in [0.1, 0.15) is 16.1 Å². The van der Waals surface area contributed by atoms with Gasteiger partial charge >= 0.3 is 0 Å². The lowest BCUT2D eigenvalue weighted by Crippen LogP contribution is -2.14. The summed E-state index contributed by atoms with van der Waals surface area (Å²) in [5.74, 6) is 0.288. The van der Waals surface area contributed by atoms with Crippen molar-refractivity contribution in [1.82, 2.24) is 19.6 Å². The summed E-state index contributed by atoms with van der Waals surface area (Å²) in [6.07, 6.45) is 5.01. The van der Waals surface area contributed by atoms with E-state index in [9.17, 15) is 4.79 Å². The van der Waals surface area contributed by atoms with Crippen LogP contribution in [-0.4, -0.2) is 25.5 Å². The number of nitrogens with one attached hydrogen (secondary N) is 1. The first-order valence-electron chi connectivity index (χ1n) is 9.16. The second-order valence-corrected chi connectivity index (χ2v) is 8.32. The Labute approximate surface area is 196 Å². The van der Waals surface area contributed by atoms with Crippen LogP contribution in [0.4, 0.5) is 5.69 Å². The van der Waals surface area contributed by atoms with E-state index < -0.39 is 0 Å². The first-order valence-corrected chi connectivity index (χ1v) is 10.7. The summed E-state index contributed by atoms with van der Waals surface area (Å²) in [6.45, 7) is 0.714. The Kier molecular flexibility index (Phi) is 6.60. The van der Waals surface area contributed by atoms with Gasteiger partial charge in [0.25, 0.3) is 5.91 Å². The molecule has 0 aliphatic carbocycles. The summed E-state index contributed by atoms with van der Waals surface area (Å²) in [6, 6.07) is 14.4. The van der Waals surface area contributed by atoms with Crippen molar-refractivity contribution >= 4 is 50.7 Å². The molecule has 7 nitrogen and oxygen atoms in total. The highest BCUT2D eigenvalue weighted by molar-refractivity contribution is 9.10. The molecule has 0 aliphatic rings. The number of benzene rings is 2. The Balaban J connectivity index is 1.33. The zero-order chi connectivity index (χ0) is 21.8. The smallest absolute Gasteiger partial charge is 0.276 e. The van der Waals surface area contributed by atoms with Crippen LogP contribution < -0.4 is 10.1 Å². The van der Waals surface area contributed by atoms with E-state index in [0.29, 0.717) is 28.0 Å². The number of carbonyl (C=O) groups is 1. The zero-order valence-electron chi connectivity index (χ0n) is 16.0. The van der Waals surface area contributed by atoms with Crippen molar-refractivity contribution in [3.8, 4) is 5.75 Å². The molecule has 0 atom stereocenters. The number of ether oxygens (including phenoxy) is 1. The predicted molar refractivity (Wildman–Crippen MR) is 123 cm³/mol. The predicted octanol–water partition coefficient (Wildman–Crippen LogP) is 5.49. The summed E-state index contributed by atoms with van der Waals surface area (Å²) in [7, 11) is 0. The van der Waals surface area contributed by atoms with Crippen LogP contribution in [0.25, 0.3) is 0 Å². The fraction of sp³-hybridized carbons (Fsp3) is 0.0952. The maximum atomic E-state index is 12.5. The Morgan fingerprint density at radius 1 is 1.06 bits per heavy atom. The maximum absolute atomic E-state index is 12.5. The molecule has 0 bridgehead atoms. The number of aromatic nitrogens is 4. The molecule has 31 heavy (non-hydrogen) atoms. The molecular formula is C21H16BrCl2N5O2. The van der Waals surface area contributed by atoms with Crippen LogP contribution in [0.5, 0.6) is 5.75 Å². The van der Waals surface area contributed by atoms with E-state index in [-0.39, 0.29) is 18.3 Å². The minimum atomic E-state index is -0.336. The van der Waals surface area contributed by atoms with E-state index in [1.54, 1.807) is 47.5 Å². The van der Waals surface area contributed by atoms with Gasteiger partial charge in [0.1, 0.15) is 5.75 Å². The average Bonchev–Trinajstić information content (AvgIpc) is 3.39. The van der Waals surface area contributed by atoms with E-state index in [1.807, 2.05) is 24.3 Å². The summed E-state index contributed by atoms with van der Waals surface area (Å²) >= 11 is 15.2. The van der Waals surface area contributed by atoms with Gasteiger partial charge in [-0.25, -0.2) is 4.68 Å². The lowest BCUT2D eigenvalue weighted by Gasteiger charge is -2.08. The molecule has 0 unspecified atom stereocenters. The van der Waals surface area contributed by atoms with E-state index in [4.69, 9.17) is 27.9 Å². The van der Waals surface area contributed by atoms with Gasteiger partial charge in [0.2, 0.25) is 0 Å². The lowest BCUT2D eigenvalue weighted by atomic mass is 10.2. The molecular weight excluding hydrogens is 505 g/mol. The van der Waals surface area contributed by atoms with Crippen LogP contribution in [-0.2, 0) is 13.3 Å². The number of halogens is 3. The van der Waals surface area contributed by atoms with Crippen molar-refractivity contribution in [1.29, 1.82) is 0 Å². The quantitative estimate of drug-likeness (QED) is 0.350. The number of rotatable bonds is 7. The number of anilines is 1. The van der Waals surface area contributed by atoms with Gasteiger partial charge in [0.15, 0.2) is 12.4 Å². The summed E-state index contributed by atoms with van der Waals surface area (Å²) < 4.78 is 9.69. The van der Waals surface area contributed by atoms with E-state index in [1.165, 1.54) is 4.68 Å². The van der Waals surface area contributed by atoms with Gasteiger partial charge in [-0.1, -0.05) is 35.3 Å². The maximum Gasteiger partial charge on any atom is 0.276 e. The minimum absolute atomic E-state index is 0.145.